The molecule has 0 unspecified atom stereocenters. The van der Waals surface area contributed by atoms with Crippen molar-refractivity contribution >= 4 is 69.4 Å². The number of thiocarbonyl (C=S) groups is 1. The SMILES string of the molecule is NC(=S)N/N=C1\NC(=O)/C(=C\c2ccc(Cl)cc2Cl)S1. The molecule has 0 aliphatic carbocycles. The van der Waals surface area contributed by atoms with Crippen molar-refractivity contribution in [3.63, 3.8) is 0 Å². The lowest BCUT2D eigenvalue weighted by atomic mass is 10.2. The number of amidine groups is 1. The second-order valence-electron chi connectivity index (χ2n) is 3.62. The fourth-order valence-electron chi connectivity index (χ4n) is 1.35. The van der Waals surface area contributed by atoms with E-state index in [1.807, 2.05) is 0 Å². The molecule has 0 atom stereocenters. The van der Waals surface area contributed by atoms with E-state index in [9.17, 15) is 4.79 Å². The summed E-state index contributed by atoms with van der Waals surface area (Å²) in [6.45, 7) is 0. The van der Waals surface area contributed by atoms with Gasteiger partial charge < -0.3 is 5.73 Å². The number of carbonyl (C=O) groups excluding carboxylic acids is 1. The van der Waals surface area contributed by atoms with Gasteiger partial charge in [0.25, 0.3) is 5.91 Å². The van der Waals surface area contributed by atoms with Gasteiger partial charge in [0.1, 0.15) is 0 Å². The van der Waals surface area contributed by atoms with Crippen molar-refractivity contribution in [1.29, 1.82) is 0 Å². The van der Waals surface area contributed by atoms with Crippen molar-refractivity contribution < 1.29 is 4.79 Å². The fraction of sp³-hybridized carbons (Fsp3) is 0. The molecule has 1 saturated heterocycles. The standard InChI is InChI=1S/C11H8Cl2N4OS2/c12-6-2-1-5(7(13)4-6)3-8-9(18)15-11(20-8)17-16-10(14)19/h1-4H,(H3,14,16,19)(H,15,17,18)/b8-3+. The van der Waals surface area contributed by atoms with Crippen LogP contribution in [0.15, 0.2) is 28.2 Å². The van der Waals surface area contributed by atoms with Gasteiger partial charge in [0, 0.05) is 10.0 Å². The zero-order chi connectivity index (χ0) is 14.7. The number of hydrogen-bond donors (Lipinski definition) is 3. The second kappa shape index (κ2) is 6.45. The molecule has 20 heavy (non-hydrogen) atoms. The molecule has 1 aliphatic rings. The van der Waals surface area contributed by atoms with E-state index in [1.165, 1.54) is 0 Å². The summed E-state index contributed by atoms with van der Waals surface area (Å²) in [6.07, 6.45) is 1.65. The van der Waals surface area contributed by atoms with Crippen LogP contribution < -0.4 is 16.5 Å². The van der Waals surface area contributed by atoms with Gasteiger partial charge in [0.2, 0.25) is 0 Å². The van der Waals surface area contributed by atoms with Gasteiger partial charge in [-0.3, -0.25) is 15.5 Å². The molecule has 1 aliphatic heterocycles. The highest BCUT2D eigenvalue weighted by molar-refractivity contribution is 8.18. The predicted molar refractivity (Wildman–Crippen MR) is 87.5 cm³/mol. The Bertz CT molecular complexity index is 645. The molecule has 9 heteroatoms. The number of thioether (sulfide) groups is 1. The Morgan fingerprint density at radius 3 is 2.90 bits per heavy atom. The molecule has 1 aromatic carbocycles. The third-order valence-corrected chi connectivity index (χ3v) is 3.73. The van der Waals surface area contributed by atoms with Crippen molar-refractivity contribution in [1.82, 2.24) is 10.7 Å². The van der Waals surface area contributed by atoms with E-state index in [4.69, 9.17) is 28.9 Å². The van der Waals surface area contributed by atoms with Crippen LogP contribution in [0.2, 0.25) is 10.0 Å². The summed E-state index contributed by atoms with van der Waals surface area (Å²) >= 11 is 17.6. The summed E-state index contributed by atoms with van der Waals surface area (Å²) in [4.78, 5) is 12.2. The maximum atomic E-state index is 11.8. The maximum Gasteiger partial charge on any atom is 0.264 e. The Morgan fingerprint density at radius 2 is 2.25 bits per heavy atom. The van der Waals surface area contributed by atoms with Crippen molar-refractivity contribution in [3.8, 4) is 0 Å². The third kappa shape index (κ3) is 3.86. The molecule has 0 radical (unpaired) electrons. The number of nitrogens with one attached hydrogen (secondary N) is 2. The van der Waals surface area contributed by atoms with E-state index in [2.05, 4.69) is 28.1 Å². The van der Waals surface area contributed by atoms with Crippen LogP contribution in [0.3, 0.4) is 0 Å². The fourth-order valence-corrected chi connectivity index (χ4v) is 2.63. The quantitative estimate of drug-likeness (QED) is 0.435. The molecule has 1 aromatic rings. The Balaban J connectivity index is 2.21. The molecule has 0 spiro atoms. The highest BCUT2D eigenvalue weighted by Gasteiger charge is 2.24. The minimum Gasteiger partial charge on any atom is -0.375 e. The summed E-state index contributed by atoms with van der Waals surface area (Å²) in [5, 5.41) is 7.78. The van der Waals surface area contributed by atoms with Gasteiger partial charge in [-0.1, -0.05) is 29.3 Å². The first-order chi connectivity index (χ1) is 9.45. The van der Waals surface area contributed by atoms with E-state index >= 15 is 0 Å². The Morgan fingerprint density at radius 1 is 1.50 bits per heavy atom. The van der Waals surface area contributed by atoms with E-state index in [-0.39, 0.29) is 11.0 Å². The smallest absolute Gasteiger partial charge is 0.264 e. The number of nitrogens with two attached hydrogens (primary N) is 1. The average Bonchev–Trinajstić information content (AvgIpc) is 2.71. The second-order valence-corrected chi connectivity index (χ2v) is 5.94. The van der Waals surface area contributed by atoms with Gasteiger partial charge in [-0.05, 0) is 47.8 Å². The summed E-state index contributed by atoms with van der Waals surface area (Å²) in [6, 6.07) is 5.03. The van der Waals surface area contributed by atoms with Gasteiger partial charge in [-0.15, -0.1) is 5.10 Å². The van der Waals surface area contributed by atoms with Crippen molar-refractivity contribution in [2.24, 2.45) is 10.8 Å². The number of hydrazone groups is 1. The van der Waals surface area contributed by atoms with Gasteiger partial charge in [0.05, 0.1) is 4.91 Å². The topological polar surface area (TPSA) is 79.5 Å². The Labute approximate surface area is 134 Å². The molecule has 2 rings (SSSR count). The zero-order valence-corrected chi connectivity index (χ0v) is 13.0. The first-order valence-corrected chi connectivity index (χ1v) is 7.23. The number of amides is 1. The largest absolute Gasteiger partial charge is 0.375 e. The molecule has 1 heterocycles. The monoisotopic (exact) mass is 346 g/mol. The van der Waals surface area contributed by atoms with E-state index in [0.29, 0.717) is 25.7 Å². The van der Waals surface area contributed by atoms with E-state index < -0.39 is 0 Å². The molecule has 4 N–H and O–H groups in total. The molecule has 0 saturated carbocycles. The summed E-state index contributed by atoms with van der Waals surface area (Å²) in [7, 11) is 0. The van der Waals surface area contributed by atoms with Gasteiger partial charge >= 0.3 is 0 Å². The van der Waals surface area contributed by atoms with Gasteiger partial charge in [-0.25, -0.2) is 0 Å². The molecule has 5 nitrogen and oxygen atoms in total. The van der Waals surface area contributed by atoms with Crippen LogP contribution in [0.5, 0.6) is 0 Å². The van der Waals surface area contributed by atoms with Crippen LogP contribution in [0.4, 0.5) is 0 Å². The van der Waals surface area contributed by atoms with Crippen molar-refractivity contribution in [2.75, 3.05) is 0 Å². The number of rotatable bonds is 2. The minimum absolute atomic E-state index is 0.0190. The van der Waals surface area contributed by atoms with E-state index in [1.54, 1.807) is 24.3 Å². The number of benzene rings is 1. The molecular weight excluding hydrogens is 339 g/mol. The molecule has 1 amide bonds. The molecular formula is C11H8Cl2N4OS2. The van der Waals surface area contributed by atoms with Crippen molar-refractivity contribution in [3.05, 3.63) is 38.7 Å². The summed E-state index contributed by atoms with van der Waals surface area (Å²) < 4.78 is 0. The zero-order valence-electron chi connectivity index (χ0n) is 9.81. The van der Waals surface area contributed by atoms with Crippen LogP contribution in [-0.2, 0) is 4.79 Å². The van der Waals surface area contributed by atoms with Crippen LogP contribution in [0.25, 0.3) is 6.08 Å². The van der Waals surface area contributed by atoms with Gasteiger partial charge in [0.15, 0.2) is 10.3 Å². The predicted octanol–water partition coefficient (Wildman–Crippen LogP) is 2.30. The highest BCUT2D eigenvalue weighted by Crippen LogP contribution is 2.29. The van der Waals surface area contributed by atoms with E-state index in [0.717, 1.165) is 11.8 Å². The maximum absolute atomic E-state index is 11.8. The number of carbonyl (C=O) groups is 1. The number of halogens is 2. The first kappa shape index (κ1) is 15.1. The minimum atomic E-state index is -0.274. The Hall–Kier alpha value is -1.28. The third-order valence-electron chi connectivity index (χ3n) is 2.17. The van der Waals surface area contributed by atoms with Crippen LogP contribution in [-0.4, -0.2) is 16.2 Å². The lowest BCUT2D eigenvalue weighted by Gasteiger charge is -1.99. The molecule has 0 aromatic heterocycles. The van der Waals surface area contributed by atoms with Crippen molar-refractivity contribution in [2.45, 2.75) is 0 Å². The van der Waals surface area contributed by atoms with Crippen LogP contribution in [0, 0.1) is 0 Å². The highest BCUT2D eigenvalue weighted by atomic mass is 35.5. The normalized spacial score (nSPS) is 18.4. The Kier molecular flexibility index (Phi) is 4.87. The number of nitrogens with zero attached hydrogens (tertiary/aromatic N) is 1. The van der Waals surface area contributed by atoms with Gasteiger partial charge in [-0.2, -0.15) is 0 Å². The first-order valence-electron chi connectivity index (χ1n) is 5.25. The summed E-state index contributed by atoms with van der Waals surface area (Å²) in [5.74, 6) is -0.274. The average molecular weight is 347 g/mol. The lowest BCUT2D eigenvalue weighted by Crippen LogP contribution is -2.28. The summed E-state index contributed by atoms with van der Waals surface area (Å²) in [5.41, 5.74) is 8.34. The molecule has 104 valence electrons. The van der Waals surface area contributed by atoms with Crippen LogP contribution in [0.1, 0.15) is 5.56 Å². The molecule has 0 bridgehead atoms. The molecule has 1 fully saturated rings. The number of hydrogen-bond acceptors (Lipinski definition) is 4. The lowest BCUT2D eigenvalue weighted by molar-refractivity contribution is -0.115. The van der Waals surface area contributed by atoms with Crippen LogP contribution >= 0.6 is 47.2 Å².